The third-order valence-corrected chi connectivity index (χ3v) is 5.07. The normalized spacial score (nSPS) is 19.9. The van der Waals surface area contributed by atoms with Gasteiger partial charge in [-0.1, -0.05) is 44.5 Å². The summed E-state index contributed by atoms with van der Waals surface area (Å²) in [6, 6.07) is 10.4. The van der Waals surface area contributed by atoms with E-state index in [4.69, 9.17) is 11.6 Å². The molecule has 0 aliphatic heterocycles. The highest BCUT2D eigenvalue weighted by Gasteiger charge is 2.31. The molecule has 1 aliphatic rings. The number of aryl methyl sites for hydroxylation is 1. The zero-order valence-corrected chi connectivity index (χ0v) is 16.6. The second-order valence-corrected chi connectivity index (χ2v) is 8.57. The van der Waals surface area contributed by atoms with E-state index in [1.54, 1.807) is 4.68 Å². The van der Waals surface area contributed by atoms with Gasteiger partial charge in [0.05, 0.1) is 5.69 Å². The predicted octanol–water partition coefficient (Wildman–Crippen LogP) is 3.42. The number of benzene rings is 1. The minimum absolute atomic E-state index is 0.0474. The highest BCUT2D eigenvalue weighted by Crippen LogP contribution is 2.23. The fourth-order valence-corrected chi connectivity index (χ4v) is 3.33. The molecular weight excluding hydrogens is 348 g/mol. The molecule has 1 aliphatic carbocycles. The van der Waals surface area contributed by atoms with Crippen molar-refractivity contribution in [3.05, 3.63) is 52.3 Å². The molecule has 0 radical (unpaired) electrons. The minimum atomic E-state index is -0.0674. The molecule has 0 atom stereocenters. The number of rotatable bonds is 5. The first-order valence-corrected chi connectivity index (χ1v) is 9.43. The van der Waals surface area contributed by atoms with Gasteiger partial charge in [0.25, 0.3) is 5.91 Å². The zero-order chi connectivity index (χ0) is 18.9. The molecular formula is C20H27ClN4O. The molecule has 0 unspecified atom stereocenters. The third-order valence-electron chi connectivity index (χ3n) is 4.84. The standard InChI is InChI=1S/C20H27ClN4O/c1-20(2,3)18-11-17(25(4)24-18)19(26)23-16-9-15(10-16)22-12-13-6-5-7-14(21)8-13/h5-8,11,15-16,22H,9-10,12H2,1-4H3,(H,23,26)/t15-,16-. The van der Waals surface area contributed by atoms with Gasteiger partial charge in [0, 0.05) is 36.1 Å². The van der Waals surface area contributed by atoms with Gasteiger partial charge < -0.3 is 10.6 Å². The van der Waals surface area contributed by atoms with Crippen LogP contribution in [0.1, 0.15) is 55.4 Å². The average molecular weight is 375 g/mol. The topological polar surface area (TPSA) is 59.0 Å². The Balaban J connectivity index is 1.47. The van der Waals surface area contributed by atoms with Crippen LogP contribution in [-0.2, 0) is 19.0 Å². The molecule has 1 amide bonds. The van der Waals surface area contributed by atoms with E-state index in [0.29, 0.717) is 11.7 Å². The first-order chi connectivity index (χ1) is 12.2. The predicted molar refractivity (Wildman–Crippen MR) is 104 cm³/mol. The Hall–Kier alpha value is -1.85. The SMILES string of the molecule is Cn1nc(C(C)(C)C)cc1C(=O)N[C@H]1C[C@H](NCc2cccc(Cl)c2)C1. The van der Waals surface area contributed by atoms with Crippen molar-refractivity contribution in [2.75, 3.05) is 0 Å². The minimum Gasteiger partial charge on any atom is -0.348 e. The molecule has 140 valence electrons. The number of aromatic nitrogens is 2. The molecule has 0 saturated heterocycles. The van der Waals surface area contributed by atoms with E-state index < -0.39 is 0 Å². The quantitative estimate of drug-likeness (QED) is 0.843. The second kappa shape index (κ2) is 7.41. The summed E-state index contributed by atoms with van der Waals surface area (Å²) < 4.78 is 1.67. The Bertz CT molecular complexity index is 787. The smallest absolute Gasteiger partial charge is 0.269 e. The lowest BCUT2D eigenvalue weighted by molar-refractivity contribution is 0.0892. The number of hydrogen-bond donors (Lipinski definition) is 2. The molecule has 26 heavy (non-hydrogen) atoms. The van der Waals surface area contributed by atoms with Gasteiger partial charge >= 0.3 is 0 Å². The van der Waals surface area contributed by atoms with Crippen molar-refractivity contribution in [3.63, 3.8) is 0 Å². The van der Waals surface area contributed by atoms with E-state index in [0.717, 1.165) is 30.1 Å². The molecule has 1 aromatic carbocycles. The molecule has 1 heterocycles. The molecule has 1 fully saturated rings. The van der Waals surface area contributed by atoms with Crippen molar-refractivity contribution >= 4 is 17.5 Å². The summed E-state index contributed by atoms with van der Waals surface area (Å²) in [4.78, 5) is 12.5. The van der Waals surface area contributed by atoms with Crippen molar-refractivity contribution in [1.29, 1.82) is 0 Å². The van der Waals surface area contributed by atoms with Gasteiger partial charge in [-0.05, 0) is 36.6 Å². The summed E-state index contributed by atoms with van der Waals surface area (Å²) in [5, 5.41) is 11.9. The lowest BCUT2D eigenvalue weighted by Gasteiger charge is -2.36. The van der Waals surface area contributed by atoms with E-state index >= 15 is 0 Å². The number of carbonyl (C=O) groups excluding carboxylic acids is 1. The zero-order valence-electron chi connectivity index (χ0n) is 15.8. The van der Waals surface area contributed by atoms with Crippen LogP contribution in [0.5, 0.6) is 0 Å². The number of nitrogens with one attached hydrogen (secondary N) is 2. The van der Waals surface area contributed by atoms with Crippen LogP contribution in [0.25, 0.3) is 0 Å². The van der Waals surface area contributed by atoms with Crippen molar-refractivity contribution < 1.29 is 4.79 Å². The van der Waals surface area contributed by atoms with Crippen molar-refractivity contribution in [3.8, 4) is 0 Å². The maximum Gasteiger partial charge on any atom is 0.269 e. The molecule has 0 bridgehead atoms. The molecule has 1 aromatic heterocycles. The molecule has 3 rings (SSSR count). The number of amides is 1. The number of carbonyl (C=O) groups is 1. The van der Waals surface area contributed by atoms with Crippen molar-refractivity contribution in [2.24, 2.45) is 7.05 Å². The number of halogens is 1. The van der Waals surface area contributed by atoms with Crippen LogP contribution in [0.15, 0.2) is 30.3 Å². The average Bonchev–Trinajstić information content (AvgIpc) is 2.91. The first kappa shape index (κ1) is 18.9. The van der Waals surface area contributed by atoms with Gasteiger partial charge in [-0.3, -0.25) is 9.48 Å². The highest BCUT2D eigenvalue weighted by atomic mass is 35.5. The largest absolute Gasteiger partial charge is 0.348 e. The number of hydrogen-bond acceptors (Lipinski definition) is 3. The van der Waals surface area contributed by atoms with Crippen molar-refractivity contribution in [1.82, 2.24) is 20.4 Å². The van der Waals surface area contributed by atoms with Crippen molar-refractivity contribution in [2.45, 2.75) is 57.7 Å². The maximum absolute atomic E-state index is 12.5. The monoisotopic (exact) mass is 374 g/mol. The van der Waals surface area contributed by atoms with Crippen LogP contribution in [0.4, 0.5) is 0 Å². The second-order valence-electron chi connectivity index (χ2n) is 8.14. The van der Waals surface area contributed by atoms with E-state index in [1.165, 1.54) is 5.56 Å². The molecule has 6 heteroatoms. The Morgan fingerprint density at radius 3 is 2.62 bits per heavy atom. The molecule has 5 nitrogen and oxygen atoms in total. The van der Waals surface area contributed by atoms with E-state index in [2.05, 4.69) is 42.6 Å². The first-order valence-electron chi connectivity index (χ1n) is 9.05. The molecule has 2 N–H and O–H groups in total. The van der Waals surface area contributed by atoms with Crippen LogP contribution in [-0.4, -0.2) is 27.8 Å². The van der Waals surface area contributed by atoms with Gasteiger partial charge in [-0.15, -0.1) is 0 Å². The van der Waals surface area contributed by atoms with Gasteiger partial charge in [0.1, 0.15) is 5.69 Å². The molecule has 1 saturated carbocycles. The Kier molecular flexibility index (Phi) is 5.39. The van der Waals surface area contributed by atoms with Gasteiger partial charge in [-0.25, -0.2) is 0 Å². The Labute approximate surface area is 160 Å². The maximum atomic E-state index is 12.5. The lowest BCUT2D eigenvalue weighted by Crippen LogP contribution is -2.52. The van der Waals surface area contributed by atoms with E-state index in [-0.39, 0.29) is 17.4 Å². The lowest BCUT2D eigenvalue weighted by atomic mass is 9.86. The summed E-state index contributed by atoms with van der Waals surface area (Å²) in [5.74, 6) is -0.0474. The molecule has 2 aromatic rings. The van der Waals surface area contributed by atoms with Crippen LogP contribution in [0.2, 0.25) is 5.02 Å². The van der Waals surface area contributed by atoms with Gasteiger partial charge in [0.15, 0.2) is 0 Å². The molecule has 0 spiro atoms. The van der Waals surface area contributed by atoms with Crippen LogP contribution >= 0.6 is 11.6 Å². The Morgan fingerprint density at radius 2 is 2.00 bits per heavy atom. The van der Waals surface area contributed by atoms with E-state index in [9.17, 15) is 4.79 Å². The summed E-state index contributed by atoms with van der Waals surface area (Å²) in [6.45, 7) is 7.08. The van der Waals surface area contributed by atoms with Gasteiger partial charge in [0.2, 0.25) is 0 Å². The van der Waals surface area contributed by atoms with Crippen LogP contribution in [0.3, 0.4) is 0 Å². The van der Waals surface area contributed by atoms with Crippen LogP contribution < -0.4 is 10.6 Å². The third kappa shape index (κ3) is 4.46. The fraction of sp³-hybridized carbons (Fsp3) is 0.500. The van der Waals surface area contributed by atoms with Crippen LogP contribution in [0, 0.1) is 0 Å². The van der Waals surface area contributed by atoms with E-state index in [1.807, 2.05) is 31.3 Å². The number of nitrogens with zero attached hydrogens (tertiary/aromatic N) is 2. The fourth-order valence-electron chi connectivity index (χ4n) is 3.12. The Morgan fingerprint density at radius 1 is 1.27 bits per heavy atom. The highest BCUT2D eigenvalue weighted by molar-refractivity contribution is 6.30. The summed E-state index contributed by atoms with van der Waals surface area (Å²) in [7, 11) is 1.82. The summed E-state index contributed by atoms with van der Waals surface area (Å²) >= 11 is 6.01. The summed E-state index contributed by atoms with van der Waals surface area (Å²) in [5.41, 5.74) is 2.65. The van der Waals surface area contributed by atoms with Gasteiger partial charge in [-0.2, -0.15) is 5.10 Å². The summed E-state index contributed by atoms with van der Waals surface area (Å²) in [6.07, 6.45) is 1.88.